The van der Waals surface area contributed by atoms with E-state index in [1.165, 1.54) is 10.9 Å². The van der Waals surface area contributed by atoms with Crippen molar-refractivity contribution >= 4 is 17.0 Å². The fraction of sp³-hybridized carbons (Fsp3) is 0.545. The van der Waals surface area contributed by atoms with E-state index in [0.717, 1.165) is 51.1 Å². The molecule has 2 aliphatic rings. The van der Waals surface area contributed by atoms with Gasteiger partial charge in [-0.25, -0.2) is 4.79 Å². The van der Waals surface area contributed by atoms with Gasteiger partial charge in [-0.2, -0.15) is 0 Å². The zero-order chi connectivity index (χ0) is 19.3. The fourth-order valence-electron chi connectivity index (χ4n) is 4.35. The summed E-state index contributed by atoms with van der Waals surface area (Å²) in [6.45, 7) is 5.33. The van der Waals surface area contributed by atoms with Gasteiger partial charge in [-0.3, -0.25) is 4.98 Å². The number of likely N-dealkylation sites (tertiary alicyclic amines) is 1. The molecule has 2 unspecified atom stereocenters. The van der Waals surface area contributed by atoms with Crippen molar-refractivity contribution in [2.24, 2.45) is 5.92 Å². The summed E-state index contributed by atoms with van der Waals surface area (Å²) in [7, 11) is 0. The molecule has 2 atom stereocenters. The number of carbonyl (C=O) groups excluding carboxylic acids is 1. The number of fused-ring (bicyclic) bond motifs is 1. The van der Waals surface area contributed by atoms with Gasteiger partial charge in [0.2, 0.25) is 0 Å². The van der Waals surface area contributed by atoms with Gasteiger partial charge in [0.25, 0.3) is 0 Å². The molecule has 0 spiro atoms. The molecule has 2 aliphatic heterocycles. The topological polar surface area (TPSA) is 63.7 Å². The first-order chi connectivity index (χ1) is 13.7. The van der Waals surface area contributed by atoms with Crippen LogP contribution in [0.3, 0.4) is 0 Å². The highest BCUT2D eigenvalue weighted by molar-refractivity contribution is 5.81. The molecule has 2 fully saturated rings. The molecular weight excluding hydrogens is 354 g/mol. The van der Waals surface area contributed by atoms with E-state index in [4.69, 9.17) is 9.47 Å². The number of nitrogens with zero attached hydrogens (tertiary/aromatic N) is 2. The summed E-state index contributed by atoms with van der Waals surface area (Å²) in [6.07, 6.45) is 4.62. The smallest absolute Gasteiger partial charge is 0.409 e. The van der Waals surface area contributed by atoms with Gasteiger partial charge >= 0.3 is 6.09 Å². The van der Waals surface area contributed by atoms with Crippen LogP contribution in [0.2, 0.25) is 0 Å². The molecule has 3 heterocycles. The lowest BCUT2D eigenvalue weighted by Gasteiger charge is -2.34. The number of pyridine rings is 1. The van der Waals surface area contributed by atoms with E-state index in [9.17, 15) is 4.79 Å². The van der Waals surface area contributed by atoms with Crippen molar-refractivity contribution in [3.8, 4) is 0 Å². The third-order valence-electron chi connectivity index (χ3n) is 5.89. The van der Waals surface area contributed by atoms with Crippen LogP contribution < -0.4 is 5.32 Å². The van der Waals surface area contributed by atoms with Crippen molar-refractivity contribution in [2.45, 2.75) is 38.3 Å². The van der Waals surface area contributed by atoms with Crippen LogP contribution in [0.4, 0.5) is 4.79 Å². The molecule has 4 rings (SSSR count). The van der Waals surface area contributed by atoms with Crippen molar-refractivity contribution in [3.63, 3.8) is 0 Å². The Morgan fingerprint density at radius 1 is 1.25 bits per heavy atom. The highest BCUT2D eigenvalue weighted by atomic mass is 16.6. The second-order valence-corrected chi connectivity index (χ2v) is 7.72. The first kappa shape index (κ1) is 19.2. The quantitative estimate of drug-likeness (QED) is 0.860. The molecule has 150 valence electrons. The number of rotatable bonds is 5. The lowest BCUT2D eigenvalue weighted by atomic mass is 9.92. The molecule has 0 aliphatic carbocycles. The summed E-state index contributed by atoms with van der Waals surface area (Å²) in [4.78, 5) is 18.2. The number of ether oxygens (including phenoxy) is 2. The standard InChI is InChI=1S/C22H29N3O3/c1-2-28-22(26)25-11-8-18(9-12-25)24-21-15-27-14-17(21)13-16-7-10-23-20-6-4-3-5-19(16)20/h3-7,10,17-18,21,24H,2,8-9,11-15H2,1H3. The summed E-state index contributed by atoms with van der Waals surface area (Å²) in [5.74, 6) is 0.453. The van der Waals surface area contributed by atoms with Crippen LogP contribution in [0.5, 0.6) is 0 Å². The van der Waals surface area contributed by atoms with Gasteiger partial charge in [0.15, 0.2) is 0 Å². The van der Waals surface area contributed by atoms with Crippen LogP contribution in [-0.4, -0.2) is 61.0 Å². The Morgan fingerprint density at radius 3 is 2.89 bits per heavy atom. The Morgan fingerprint density at radius 2 is 2.07 bits per heavy atom. The number of hydrogen-bond donors (Lipinski definition) is 1. The third-order valence-corrected chi connectivity index (χ3v) is 5.89. The minimum Gasteiger partial charge on any atom is -0.450 e. The molecule has 6 nitrogen and oxygen atoms in total. The van der Waals surface area contributed by atoms with E-state index < -0.39 is 0 Å². The largest absolute Gasteiger partial charge is 0.450 e. The van der Waals surface area contributed by atoms with E-state index in [1.54, 1.807) is 0 Å². The Bertz CT molecular complexity index is 799. The maximum absolute atomic E-state index is 11.9. The maximum atomic E-state index is 11.9. The zero-order valence-electron chi connectivity index (χ0n) is 16.5. The van der Waals surface area contributed by atoms with E-state index in [-0.39, 0.29) is 6.09 Å². The van der Waals surface area contributed by atoms with Crippen LogP contribution in [0, 0.1) is 5.92 Å². The number of nitrogens with one attached hydrogen (secondary N) is 1. The molecule has 28 heavy (non-hydrogen) atoms. The summed E-state index contributed by atoms with van der Waals surface area (Å²) in [5.41, 5.74) is 2.39. The SMILES string of the molecule is CCOC(=O)N1CCC(NC2COCC2Cc2ccnc3ccccc23)CC1. The van der Waals surface area contributed by atoms with Crippen LogP contribution in [0.25, 0.3) is 10.9 Å². The highest BCUT2D eigenvalue weighted by Gasteiger charge is 2.32. The summed E-state index contributed by atoms with van der Waals surface area (Å²) in [5, 5.41) is 5.04. The number of amides is 1. The molecule has 2 saturated heterocycles. The van der Waals surface area contributed by atoms with Crippen LogP contribution in [-0.2, 0) is 15.9 Å². The third kappa shape index (κ3) is 4.28. The first-order valence-corrected chi connectivity index (χ1v) is 10.3. The highest BCUT2D eigenvalue weighted by Crippen LogP contribution is 2.25. The number of carbonyl (C=O) groups is 1. The van der Waals surface area contributed by atoms with Gasteiger partial charge < -0.3 is 19.7 Å². The van der Waals surface area contributed by atoms with Crippen molar-refractivity contribution in [1.82, 2.24) is 15.2 Å². The zero-order valence-corrected chi connectivity index (χ0v) is 16.5. The molecule has 1 N–H and O–H groups in total. The summed E-state index contributed by atoms with van der Waals surface area (Å²) in [6, 6.07) is 11.2. The molecule has 1 aromatic heterocycles. The number of hydrogen-bond acceptors (Lipinski definition) is 5. The number of para-hydroxylation sites is 1. The maximum Gasteiger partial charge on any atom is 0.409 e. The Kier molecular flexibility index (Phi) is 6.07. The predicted octanol–water partition coefficient (Wildman–Crippen LogP) is 3.00. The summed E-state index contributed by atoms with van der Waals surface area (Å²) >= 11 is 0. The number of benzene rings is 1. The minimum absolute atomic E-state index is 0.187. The van der Waals surface area contributed by atoms with Gasteiger partial charge in [0.05, 0.1) is 25.3 Å². The van der Waals surface area contributed by atoms with E-state index in [1.807, 2.05) is 24.1 Å². The van der Waals surface area contributed by atoms with Crippen molar-refractivity contribution < 1.29 is 14.3 Å². The average molecular weight is 383 g/mol. The lowest BCUT2D eigenvalue weighted by Crippen LogP contribution is -2.49. The van der Waals surface area contributed by atoms with Crippen LogP contribution in [0.1, 0.15) is 25.3 Å². The molecule has 0 bridgehead atoms. The molecule has 1 amide bonds. The van der Waals surface area contributed by atoms with Gasteiger partial charge in [0, 0.05) is 42.7 Å². The van der Waals surface area contributed by atoms with Crippen molar-refractivity contribution in [3.05, 3.63) is 42.1 Å². The molecular formula is C22H29N3O3. The second-order valence-electron chi connectivity index (χ2n) is 7.72. The molecule has 1 aromatic carbocycles. The predicted molar refractivity (Wildman–Crippen MR) is 108 cm³/mol. The van der Waals surface area contributed by atoms with E-state index >= 15 is 0 Å². The normalized spacial score (nSPS) is 23.2. The first-order valence-electron chi connectivity index (χ1n) is 10.3. The van der Waals surface area contributed by atoms with Crippen LogP contribution in [0.15, 0.2) is 36.5 Å². The monoisotopic (exact) mass is 383 g/mol. The Hall–Kier alpha value is -2.18. The molecule has 0 radical (unpaired) electrons. The molecule has 6 heteroatoms. The number of aromatic nitrogens is 1. The number of piperidine rings is 1. The van der Waals surface area contributed by atoms with Crippen molar-refractivity contribution in [2.75, 3.05) is 32.9 Å². The average Bonchev–Trinajstić information content (AvgIpc) is 3.15. The van der Waals surface area contributed by atoms with Crippen molar-refractivity contribution in [1.29, 1.82) is 0 Å². The molecule has 2 aromatic rings. The van der Waals surface area contributed by atoms with Gasteiger partial charge in [0.1, 0.15) is 0 Å². The summed E-state index contributed by atoms with van der Waals surface area (Å²) < 4.78 is 10.9. The van der Waals surface area contributed by atoms with Crippen LogP contribution >= 0.6 is 0 Å². The van der Waals surface area contributed by atoms with Gasteiger partial charge in [-0.05, 0) is 43.9 Å². The van der Waals surface area contributed by atoms with Gasteiger partial charge in [-0.15, -0.1) is 0 Å². The van der Waals surface area contributed by atoms with E-state index in [0.29, 0.717) is 24.6 Å². The Labute approximate surface area is 166 Å². The van der Waals surface area contributed by atoms with E-state index in [2.05, 4.69) is 34.6 Å². The minimum atomic E-state index is -0.187. The van der Waals surface area contributed by atoms with Gasteiger partial charge in [-0.1, -0.05) is 18.2 Å². The lowest BCUT2D eigenvalue weighted by molar-refractivity contribution is 0.0934. The fourth-order valence-corrected chi connectivity index (χ4v) is 4.35. The molecule has 0 saturated carbocycles. The second kappa shape index (κ2) is 8.88. The Balaban J connectivity index is 1.35.